The third-order valence-electron chi connectivity index (χ3n) is 6.79. The zero-order valence-electron chi connectivity index (χ0n) is 19.4. The number of carbonyl (C=O) groups excluding carboxylic acids is 1. The number of anilines is 1. The molecule has 0 bridgehead atoms. The van der Waals surface area contributed by atoms with E-state index in [1.807, 2.05) is 54.6 Å². The van der Waals surface area contributed by atoms with Gasteiger partial charge in [0.15, 0.2) is 11.4 Å². The van der Waals surface area contributed by atoms with Crippen LogP contribution in [0.15, 0.2) is 59.4 Å². The molecule has 0 spiro atoms. The number of Topliss-reactive ketones (excluding diaryl/α,β-unsaturated/α-hetero) is 1. The summed E-state index contributed by atoms with van der Waals surface area (Å²) < 4.78 is 5.93. The molecule has 35 heavy (non-hydrogen) atoms. The van der Waals surface area contributed by atoms with E-state index in [4.69, 9.17) is 14.7 Å². The molecule has 0 radical (unpaired) electrons. The monoisotopic (exact) mass is 466 g/mol. The van der Waals surface area contributed by atoms with Crippen molar-refractivity contribution in [2.75, 3.05) is 18.0 Å². The lowest BCUT2D eigenvalue weighted by Gasteiger charge is -2.27. The van der Waals surface area contributed by atoms with E-state index in [9.17, 15) is 9.59 Å². The van der Waals surface area contributed by atoms with Gasteiger partial charge < -0.3 is 9.64 Å². The summed E-state index contributed by atoms with van der Waals surface area (Å²) in [6, 6.07) is 17.1. The molecule has 176 valence electrons. The molecule has 6 rings (SSSR count). The number of piperidine rings is 1. The number of hydrogen-bond donors (Lipinski definition) is 1. The standard InChI is InChI=1S/C28H26N4O3/c33-22-11-7-10-21-24(22)23(18-12-14-20(15-13-18)35-19-8-3-1-4-9-19)25-26(29-21)30-28(31-27(25)34)32-16-5-2-6-17-32/h1,3-4,8-9,12-15H,2,5-7,10-11,16-17H2,(H,29,30,31,34). The Morgan fingerprint density at radius 1 is 0.771 bits per heavy atom. The normalized spacial score (nSPS) is 15.8. The zero-order valence-corrected chi connectivity index (χ0v) is 19.4. The second-order valence-corrected chi connectivity index (χ2v) is 9.16. The number of hydrogen-bond acceptors (Lipinski definition) is 6. The van der Waals surface area contributed by atoms with E-state index in [1.165, 1.54) is 6.42 Å². The van der Waals surface area contributed by atoms with Gasteiger partial charge >= 0.3 is 0 Å². The van der Waals surface area contributed by atoms with Crippen LogP contribution in [0.3, 0.4) is 0 Å². The highest BCUT2D eigenvalue weighted by atomic mass is 16.5. The van der Waals surface area contributed by atoms with Crippen molar-refractivity contribution in [2.24, 2.45) is 0 Å². The number of ether oxygens (including phenoxy) is 1. The molecule has 3 heterocycles. The molecule has 0 saturated carbocycles. The van der Waals surface area contributed by atoms with E-state index in [0.717, 1.165) is 49.4 Å². The Balaban J connectivity index is 1.49. The number of aryl methyl sites for hydroxylation is 1. The minimum absolute atomic E-state index is 0.0276. The van der Waals surface area contributed by atoms with Crippen LogP contribution in [0.4, 0.5) is 5.95 Å². The molecule has 1 aliphatic heterocycles. The van der Waals surface area contributed by atoms with Crippen molar-refractivity contribution in [3.8, 4) is 22.6 Å². The molecule has 1 saturated heterocycles. The van der Waals surface area contributed by atoms with E-state index in [0.29, 0.717) is 46.7 Å². The molecule has 4 aromatic rings. The van der Waals surface area contributed by atoms with Gasteiger partial charge in [-0.15, -0.1) is 0 Å². The number of nitrogens with one attached hydrogen (secondary N) is 1. The lowest BCUT2D eigenvalue weighted by Crippen LogP contribution is -2.32. The Hall–Kier alpha value is -4.00. The minimum Gasteiger partial charge on any atom is -0.457 e. The fraction of sp³-hybridized carbons (Fsp3) is 0.286. The van der Waals surface area contributed by atoms with Gasteiger partial charge in [0.05, 0.1) is 11.1 Å². The predicted molar refractivity (Wildman–Crippen MR) is 135 cm³/mol. The highest BCUT2D eigenvalue weighted by molar-refractivity contribution is 6.10. The van der Waals surface area contributed by atoms with E-state index in [1.54, 1.807) is 0 Å². The second kappa shape index (κ2) is 8.98. The van der Waals surface area contributed by atoms with Crippen molar-refractivity contribution in [1.82, 2.24) is 15.0 Å². The van der Waals surface area contributed by atoms with E-state index in [-0.39, 0.29) is 11.3 Å². The van der Waals surface area contributed by atoms with Crippen LogP contribution in [0.1, 0.15) is 48.2 Å². The van der Waals surface area contributed by atoms with Crippen LogP contribution in [0, 0.1) is 0 Å². The first-order chi connectivity index (χ1) is 17.2. The van der Waals surface area contributed by atoms with Crippen LogP contribution < -0.4 is 15.2 Å². The summed E-state index contributed by atoms with van der Waals surface area (Å²) in [7, 11) is 0. The summed E-state index contributed by atoms with van der Waals surface area (Å²) in [5, 5.41) is 0.372. The number of pyridine rings is 1. The summed E-state index contributed by atoms with van der Waals surface area (Å²) in [5.74, 6) is 2.01. The third-order valence-corrected chi connectivity index (χ3v) is 6.79. The zero-order chi connectivity index (χ0) is 23.8. The van der Waals surface area contributed by atoms with Gasteiger partial charge in [-0.05, 0) is 61.9 Å². The molecule has 0 unspecified atom stereocenters. The van der Waals surface area contributed by atoms with Crippen molar-refractivity contribution in [1.29, 1.82) is 0 Å². The number of fused-ring (bicyclic) bond motifs is 2. The number of aromatic amines is 1. The first kappa shape index (κ1) is 21.5. The topological polar surface area (TPSA) is 88.2 Å². The average Bonchev–Trinajstić information content (AvgIpc) is 2.89. The number of rotatable bonds is 4. The van der Waals surface area contributed by atoms with Gasteiger partial charge in [-0.25, -0.2) is 4.98 Å². The summed E-state index contributed by atoms with van der Waals surface area (Å²) in [6.07, 6.45) is 5.27. The highest BCUT2D eigenvalue weighted by Crippen LogP contribution is 2.36. The largest absolute Gasteiger partial charge is 0.457 e. The van der Waals surface area contributed by atoms with Crippen molar-refractivity contribution in [3.63, 3.8) is 0 Å². The molecule has 0 amide bonds. The fourth-order valence-corrected chi connectivity index (χ4v) is 5.09. The molecule has 2 aliphatic rings. The third kappa shape index (κ3) is 4.07. The maximum atomic E-state index is 13.4. The fourth-order valence-electron chi connectivity index (χ4n) is 5.09. The van der Waals surface area contributed by atoms with Crippen molar-refractivity contribution >= 4 is 22.8 Å². The first-order valence-electron chi connectivity index (χ1n) is 12.3. The van der Waals surface area contributed by atoms with Crippen molar-refractivity contribution in [3.05, 3.63) is 76.2 Å². The van der Waals surface area contributed by atoms with Gasteiger partial charge in [0.2, 0.25) is 5.95 Å². The molecule has 7 nitrogen and oxygen atoms in total. The number of ketones is 1. The molecule has 2 aromatic carbocycles. The van der Waals surface area contributed by atoms with Crippen molar-refractivity contribution < 1.29 is 9.53 Å². The Labute approximate surface area is 202 Å². The Morgan fingerprint density at radius 2 is 1.51 bits per heavy atom. The second-order valence-electron chi connectivity index (χ2n) is 9.16. The summed E-state index contributed by atoms with van der Waals surface area (Å²) in [5.41, 5.74) is 2.84. The smallest absolute Gasteiger partial charge is 0.262 e. The first-order valence-corrected chi connectivity index (χ1v) is 12.3. The van der Waals surface area contributed by atoms with Crippen LogP contribution >= 0.6 is 0 Å². The van der Waals surface area contributed by atoms with Crippen molar-refractivity contribution in [2.45, 2.75) is 38.5 Å². The van der Waals surface area contributed by atoms with E-state index in [2.05, 4.69) is 9.88 Å². The van der Waals surface area contributed by atoms with Gasteiger partial charge in [0, 0.05) is 30.6 Å². The molecule has 1 fully saturated rings. The molecular formula is C28H26N4O3. The molecule has 7 heteroatoms. The van der Waals surface area contributed by atoms with Crippen LogP contribution in [0.5, 0.6) is 11.5 Å². The number of carbonyl (C=O) groups is 1. The maximum Gasteiger partial charge on any atom is 0.262 e. The Kier molecular flexibility index (Phi) is 5.52. The average molecular weight is 467 g/mol. The molecule has 1 N–H and O–H groups in total. The maximum absolute atomic E-state index is 13.4. The Morgan fingerprint density at radius 3 is 2.29 bits per heavy atom. The minimum atomic E-state index is -0.260. The number of H-pyrrole nitrogens is 1. The van der Waals surface area contributed by atoms with Gasteiger partial charge in [-0.3, -0.25) is 14.6 Å². The summed E-state index contributed by atoms with van der Waals surface area (Å²) in [6.45, 7) is 1.74. The number of aromatic nitrogens is 3. The lowest BCUT2D eigenvalue weighted by atomic mass is 9.86. The van der Waals surface area contributed by atoms with Gasteiger partial charge in [-0.2, -0.15) is 4.98 Å². The molecule has 0 atom stereocenters. The molecular weight excluding hydrogens is 440 g/mol. The number of nitrogens with zero attached hydrogens (tertiary/aromatic N) is 3. The molecule has 1 aliphatic carbocycles. The van der Waals surface area contributed by atoms with E-state index >= 15 is 0 Å². The van der Waals surface area contributed by atoms with Gasteiger partial charge in [0.1, 0.15) is 11.5 Å². The number of benzene rings is 2. The summed E-state index contributed by atoms with van der Waals surface area (Å²) in [4.78, 5) is 41.1. The lowest BCUT2D eigenvalue weighted by molar-refractivity contribution is 0.0972. The summed E-state index contributed by atoms with van der Waals surface area (Å²) >= 11 is 0. The SMILES string of the molecule is O=C1CCCc2nc3nc(N4CCCCC4)[nH]c(=O)c3c(-c3ccc(Oc4ccccc4)cc3)c21. The van der Waals surface area contributed by atoms with Gasteiger partial charge in [0.25, 0.3) is 5.56 Å². The predicted octanol–water partition coefficient (Wildman–Crippen LogP) is 5.29. The van der Waals surface area contributed by atoms with Crippen LogP contribution in [0.25, 0.3) is 22.2 Å². The number of para-hydroxylation sites is 1. The quantitative estimate of drug-likeness (QED) is 0.440. The van der Waals surface area contributed by atoms with Crippen LogP contribution in [0.2, 0.25) is 0 Å². The molecule has 2 aromatic heterocycles. The Bertz CT molecular complexity index is 1460. The van der Waals surface area contributed by atoms with Crippen LogP contribution in [-0.4, -0.2) is 33.8 Å². The van der Waals surface area contributed by atoms with Gasteiger partial charge in [-0.1, -0.05) is 30.3 Å². The highest BCUT2D eigenvalue weighted by Gasteiger charge is 2.28. The van der Waals surface area contributed by atoms with Crippen LogP contribution in [-0.2, 0) is 6.42 Å². The van der Waals surface area contributed by atoms with E-state index < -0.39 is 0 Å².